The van der Waals surface area contributed by atoms with Gasteiger partial charge in [0.05, 0.1) is 31.6 Å². The molecule has 1 saturated heterocycles. The third-order valence-electron chi connectivity index (χ3n) is 3.90. The second-order valence-electron chi connectivity index (χ2n) is 5.96. The molecule has 1 aromatic heterocycles. The van der Waals surface area contributed by atoms with Crippen LogP contribution in [0.25, 0.3) is 0 Å². The minimum Gasteiger partial charge on any atom is -0.501 e. The maximum atomic E-state index is 12.5. The van der Waals surface area contributed by atoms with Gasteiger partial charge in [0.15, 0.2) is 11.6 Å². The minimum atomic E-state index is -0.247. The molecule has 1 N–H and O–H groups in total. The van der Waals surface area contributed by atoms with Crippen molar-refractivity contribution in [2.24, 2.45) is 0 Å². The van der Waals surface area contributed by atoms with Crippen molar-refractivity contribution in [3.8, 4) is 0 Å². The Kier molecular flexibility index (Phi) is 4.42. The van der Waals surface area contributed by atoms with Crippen LogP contribution in [0, 0.1) is 0 Å². The molecule has 2 aliphatic heterocycles. The molecule has 0 unspecified atom stereocenters. The van der Waals surface area contributed by atoms with E-state index in [4.69, 9.17) is 9.47 Å². The number of aromatic nitrogens is 3. The molecule has 0 bridgehead atoms. The van der Waals surface area contributed by atoms with E-state index < -0.39 is 0 Å². The van der Waals surface area contributed by atoms with E-state index >= 15 is 0 Å². The summed E-state index contributed by atoms with van der Waals surface area (Å²) in [6.07, 6.45) is 3.02. The van der Waals surface area contributed by atoms with Crippen LogP contribution in [-0.4, -0.2) is 52.3 Å². The quantitative estimate of drug-likeness (QED) is 0.916. The van der Waals surface area contributed by atoms with E-state index in [9.17, 15) is 4.79 Å². The van der Waals surface area contributed by atoms with Crippen LogP contribution in [-0.2, 0) is 14.3 Å². The summed E-state index contributed by atoms with van der Waals surface area (Å²) in [5.41, 5.74) is 0.743. The fourth-order valence-electron chi connectivity index (χ4n) is 2.61. The molecule has 1 amide bonds. The van der Waals surface area contributed by atoms with Crippen LogP contribution in [0.1, 0.15) is 50.4 Å². The number of hydrogen-bond donors (Lipinski definition) is 1. The molecular weight excluding hydrogens is 284 g/mol. The van der Waals surface area contributed by atoms with Crippen molar-refractivity contribution in [3.63, 3.8) is 0 Å². The number of nitrogens with zero attached hydrogens (tertiary/aromatic N) is 3. The van der Waals surface area contributed by atoms with E-state index in [1.165, 1.54) is 0 Å². The van der Waals surface area contributed by atoms with Crippen LogP contribution in [0.3, 0.4) is 0 Å². The Balaban J connectivity index is 1.68. The third-order valence-corrected chi connectivity index (χ3v) is 3.90. The van der Waals surface area contributed by atoms with E-state index in [0.29, 0.717) is 32.1 Å². The molecule has 7 nitrogen and oxygen atoms in total. The summed E-state index contributed by atoms with van der Waals surface area (Å²) in [5, 5.41) is 7.13. The van der Waals surface area contributed by atoms with Crippen molar-refractivity contribution in [1.29, 1.82) is 0 Å². The van der Waals surface area contributed by atoms with E-state index in [0.717, 1.165) is 24.2 Å². The van der Waals surface area contributed by atoms with Crippen molar-refractivity contribution in [2.45, 2.75) is 38.7 Å². The van der Waals surface area contributed by atoms with Gasteiger partial charge in [0.25, 0.3) is 5.91 Å². The number of carbonyl (C=O) groups excluding carboxylic acids is 1. The lowest BCUT2D eigenvalue weighted by Gasteiger charge is -2.32. The highest BCUT2D eigenvalue weighted by atomic mass is 16.5. The summed E-state index contributed by atoms with van der Waals surface area (Å²) < 4.78 is 11.0. The molecule has 0 radical (unpaired) electrons. The molecule has 0 spiro atoms. The molecule has 3 rings (SSSR count). The highest BCUT2D eigenvalue weighted by molar-refractivity contribution is 5.93. The fraction of sp³-hybridized carbons (Fsp3) is 0.667. The van der Waals surface area contributed by atoms with Crippen molar-refractivity contribution in [1.82, 2.24) is 20.1 Å². The van der Waals surface area contributed by atoms with E-state index in [1.54, 1.807) is 6.26 Å². The van der Waals surface area contributed by atoms with Crippen LogP contribution in [0.15, 0.2) is 11.8 Å². The number of amides is 1. The number of carbonyl (C=O) groups is 1. The molecule has 0 aromatic carbocycles. The molecule has 2 aliphatic rings. The number of ether oxygens (including phenoxy) is 2. The number of aromatic amines is 1. The lowest BCUT2D eigenvalue weighted by Crippen LogP contribution is -2.43. The Morgan fingerprint density at radius 3 is 3.00 bits per heavy atom. The first-order valence-electron chi connectivity index (χ1n) is 7.79. The molecule has 0 saturated carbocycles. The van der Waals surface area contributed by atoms with Crippen molar-refractivity contribution < 1.29 is 14.3 Å². The molecule has 7 heteroatoms. The van der Waals surface area contributed by atoms with Crippen molar-refractivity contribution in [3.05, 3.63) is 23.5 Å². The first kappa shape index (κ1) is 15.0. The lowest BCUT2D eigenvalue weighted by atomic mass is 10.1. The standard InChI is InChI=1S/C15H22N4O3/c1-10(2)13-16-14(18-17-13)12-8-19(5-7-22-12)15(20)11-4-3-6-21-9-11/h9-10,12H,3-8H2,1-2H3,(H,16,17,18)/t12-/m1/s1. The highest BCUT2D eigenvalue weighted by Gasteiger charge is 2.29. The van der Waals surface area contributed by atoms with Gasteiger partial charge in [-0.3, -0.25) is 9.89 Å². The Morgan fingerprint density at radius 1 is 1.45 bits per heavy atom. The van der Waals surface area contributed by atoms with Crippen LogP contribution in [0.2, 0.25) is 0 Å². The predicted molar refractivity (Wildman–Crippen MR) is 79.0 cm³/mol. The number of rotatable bonds is 3. The second kappa shape index (κ2) is 6.48. The van der Waals surface area contributed by atoms with Crippen molar-refractivity contribution >= 4 is 5.91 Å². The SMILES string of the molecule is CC(C)c1n[nH]c([C@H]2CN(C(=O)C3=COCCC3)CCO2)n1. The van der Waals surface area contributed by atoms with Crippen LogP contribution in [0.4, 0.5) is 0 Å². The van der Waals surface area contributed by atoms with E-state index in [1.807, 2.05) is 18.7 Å². The average Bonchev–Trinajstić information content (AvgIpc) is 3.05. The van der Waals surface area contributed by atoms with Crippen LogP contribution >= 0.6 is 0 Å². The summed E-state index contributed by atoms with van der Waals surface area (Å²) in [5.74, 6) is 1.76. The van der Waals surface area contributed by atoms with Gasteiger partial charge in [-0.2, -0.15) is 5.10 Å². The molecule has 1 aromatic rings. The van der Waals surface area contributed by atoms with Gasteiger partial charge in [-0.25, -0.2) is 4.98 Å². The summed E-state index contributed by atoms with van der Waals surface area (Å²) in [4.78, 5) is 18.8. The molecule has 120 valence electrons. The first-order chi connectivity index (χ1) is 10.6. The van der Waals surface area contributed by atoms with Gasteiger partial charge < -0.3 is 14.4 Å². The maximum Gasteiger partial charge on any atom is 0.253 e. The Labute approximate surface area is 129 Å². The number of hydrogen-bond acceptors (Lipinski definition) is 5. The molecule has 3 heterocycles. The molecule has 22 heavy (non-hydrogen) atoms. The Bertz CT molecular complexity index is 567. The van der Waals surface area contributed by atoms with Gasteiger partial charge in [0.1, 0.15) is 6.10 Å². The zero-order valence-electron chi connectivity index (χ0n) is 13.0. The van der Waals surface area contributed by atoms with Gasteiger partial charge >= 0.3 is 0 Å². The molecule has 0 aliphatic carbocycles. The highest BCUT2D eigenvalue weighted by Crippen LogP contribution is 2.23. The number of morpholine rings is 1. The first-order valence-corrected chi connectivity index (χ1v) is 7.79. The van der Waals surface area contributed by atoms with Crippen LogP contribution in [0.5, 0.6) is 0 Å². The fourth-order valence-corrected chi connectivity index (χ4v) is 2.61. The normalized spacial score (nSPS) is 22.4. The van der Waals surface area contributed by atoms with Gasteiger partial charge in [0.2, 0.25) is 0 Å². The second-order valence-corrected chi connectivity index (χ2v) is 5.96. The third kappa shape index (κ3) is 3.14. The summed E-state index contributed by atoms with van der Waals surface area (Å²) in [6, 6.07) is 0. The Morgan fingerprint density at radius 2 is 2.32 bits per heavy atom. The average molecular weight is 306 g/mol. The molecule has 1 fully saturated rings. The van der Waals surface area contributed by atoms with Gasteiger partial charge in [-0.05, 0) is 12.8 Å². The number of H-pyrrole nitrogens is 1. The smallest absolute Gasteiger partial charge is 0.253 e. The summed E-state index contributed by atoms with van der Waals surface area (Å²) in [7, 11) is 0. The van der Waals surface area contributed by atoms with Crippen molar-refractivity contribution in [2.75, 3.05) is 26.3 Å². The monoisotopic (exact) mass is 306 g/mol. The predicted octanol–water partition coefficient (Wildman–Crippen LogP) is 1.52. The number of nitrogens with one attached hydrogen (secondary N) is 1. The van der Waals surface area contributed by atoms with Gasteiger partial charge in [-0.15, -0.1) is 0 Å². The topological polar surface area (TPSA) is 80.3 Å². The lowest BCUT2D eigenvalue weighted by molar-refractivity contribution is -0.135. The van der Waals surface area contributed by atoms with Gasteiger partial charge in [0, 0.05) is 12.5 Å². The zero-order valence-corrected chi connectivity index (χ0v) is 13.0. The maximum absolute atomic E-state index is 12.5. The Hall–Kier alpha value is -1.89. The zero-order chi connectivity index (χ0) is 15.5. The molecular formula is C15H22N4O3. The molecule has 1 atom stereocenters. The summed E-state index contributed by atoms with van der Waals surface area (Å²) >= 11 is 0. The largest absolute Gasteiger partial charge is 0.501 e. The van der Waals surface area contributed by atoms with Crippen LogP contribution < -0.4 is 0 Å². The van der Waals surface area contributed by atoms with Gasteiger partial charge in [-0.1, -0.05) is 13.8 Å². The van der Waals surface area contributed by atoms with E-state index in [-0.39, 0.29) is 17.9 Å². The minimum absolute atomic E-state index is 0.0385. The summed E-state index contributed by atoms with van der Waals surface area (Å²) in [6.45, 7) is 6.36. The van der Waals surface area contributed by atoms with E-state index in [2.05, 4.69) is 15.2 Å².